The lowest BCUT2D eigenvalue weighted by molar-refractivity contribution is 0.0953. The van der Waals surface area contributed by atoms with E-state index < -0.39 is 15.7 Å². The van der Waals surface area contributed by atoms with E-state index in [4.69, 9.17) is 4.74 Å². The van der Waals surface area contributed by atoms with E-state index in [1.54, 1.807) is 24.3 Å². The molecule has 2 aromatic carbocycles. The molecule has 1 heterocycles. The highest BCUT2D eigenvalue weighted by Crippen LogP contribution is 2.29. The van der Waals surface area contributed by atoms with Crippen LogP contribution in [-0.2, 0) is 15.6 Å². The maximum Gasteiger partial charge on any atom is 0.300 e. The summed E-state index contributed by atoms with van der Waals surface area (Å²) in [4.78, 5) is 11.9. The van der Waals surface area contributed by atoms with Crippen LogP contribution in [0.5, 0.6) is 10.9 Å². The molecule has 0 aliphatic carbocycles. The number of carbonyl (C=O) groups is 1. The summed E-state index contributed by atoms with van der Waals surface area (Å²) in [6.45, 7) is 2.53. The van der Waals surface area contributed by atoms with Crippen LogP contribution in [-0.4, -0.2) is 31.1 Å². The third-order valence-corrected chi connectivity index (χ3v) is 6.72. The van der Waals surface area contributed by atoms with Gasteiger partial charge < -0.3 is 10.1 Å². The number of benzene rings is 2. The van der Waals surface area contributed by atoms with Crippen molar-refractivity contribution >= 4 is 27.1 Å². The third kappa shape index (κ3) is 5.58. The number of hydrogen-bond acceptors (Lipinski definition) is 7. The van der Waals surface area contributed by atoms with Crippen LogP contribution in [0, 0.1) is 5.82 Å². The number of nitrogens with one attached hydrogen (secondary N) is 1. The zero-order valence-corrected chi connectivity index (χ0v) is 17.1. The van der Waals surface area contributed by atoms with Crippen LogP contribution in [0.3, 0.4) is 0 Å². The van der Waals surface area contributed by atoms with Gasteiger partial charge in [0, 0.05) is 12.1 Å². The molecule has 0 bridgehead atoms. The molecule has 0 spiro atoms. The minimum absolute atomic E-state index is 0.0399. The predicted molar refractivity (Wildman–Crippen MR) is 106 cm³/mol. The Morgan fingerprint density at radius 3 is 2.45 bits per heavy atom. The second kappa shape index (κ2) is 9.10. The van der Waals surface area contributed by atoms with Gasteiger partial charge in [0.1, 0.15) is 11.6 Å². The minimum atomic E-state index is -3.73. The Hall–Kier alpha value is -2.85. The number of rotatable bonds is 8. The van der Waals surface area contributed by atoms with Crippen LogP contribution in [0.15, 0.2) is 52.9 Å². The van der Waals surface area contributed by atoms with Crippen molar-refractivity contribution in [3.8, 4) is 10.9 Å². The first-order valence-corrected chi connectivity index (χ1v) is 11.2. The van der Waals surface area contributed by atoms with E-state index in [0.29, 0.717) is 23.4 Å². The van der Waals surface area contributed by atoms with Gasteiger partial charge in [0.25, 0.3) is 5.91 Å². The van der Waals surface area contributed by atoms with Crippen LogP contribution in [0.2, 0.25) is 0 Å². The van der Waals surface area contributed by atoms with Crippen molar-refractivity contribution in [3.05, 3.63) is 65.5 Å². The number of halogens is 1. The van der Waals surface area contributed by atoms with E-state index in [0.717, 1.165) is 17.8 Å². The molecular weight excluding hydrogens is 417 g/mol. The molecule has 0 fully saturated rings. The number of aromatic nitrogens is 2. The molecule has 0 unspecified atom stereocenters. The van der Waals surface area contributed by atoms with E-state index in [2.05, 4.69) is 15.5 Å². The molecule has 0 aliphatic heterocycles. The van der Waals surface area contributed by atoms with Crippen LogP contribution in [0.4, 0.5) is 4.39 Å². The maximum atomic E-state index is 12.9. The SMILES string of the molecule is CCCNC(=O)c1ccc(CS(=O)(=O)c2nnc(Oc3ccc(F)cc3)s2)cc1. The van der Waals surface area contributed by atoms with Gasteiger partial charge in [-0.1, -0.05) is 24.2 Å². The van der Waals surface area contributed by atoms with Gasteiger partial charge in [0.05, 0.1) is 5.75 Å². The van der Waals surface area contributed by atoms with Crippen LogP contribution < -0.4 is 10.1 Å². The van der Waals surface area contributed by atoms with Gasteiger partial charge in [-0.05, 0) is 59.7 Å². The Balaban J connectivity index is 1.67. The van der Waals surface area contributed by atoms with Gasteiger partial charge in [-0.15, -0.1) is 5.10 Å². The average Bonchev–Trinajstić information content (AvgIpc) is 3.18. The maximum absolute atomic E-state index is 12.9. The van der Waals surface area contributed by atoms with Crippen molar-refractivity contribution in [2.24, 2.45) is 0 Å². The summed E-state index contributed by atoms with van der Waals surface area (Å²) in [6, 6.07) is 11.6. The number of sulfone groups is 1. The predicted octanol–water partition coefficient (Wildman–Crippen LogP) is 3.58. The summed E-state index contributed by atoms with van der Waals surface area (Å²) in [5, 5.41) is 10.2. The van der Waals surface area contributed by atoms with Gasteiger partial charge in [0.2, 0.25) is 14.2 Å². The second-order valence-corrected chi connectivity index (χ2v) is 9.21. The Bertz CT molecular complexity index is 1080. The lowest BCUT2D eigenvalue weighted by Gasteiger charge is -2.05. The van der Waals surface area contributed by atoms with Crippen LogP contribution in [0.1, 0.15) is 29.3 Å². The molecule has 0 atom stereocenters. The number of hydrogen-bond donors (Lipinski definition) is 1. The molecule has 0 saturated heterocycles. The Morgan fingerprint density at radius 1 is 1.10 bits per heavy atom. The van der Waals surface area contributed by atoms with Crippen molar-refractivity contribution in [2.45, 2.75) is 23.4 Å². The summed E-state index contributed by atoms with van der Waals surface area (Å²) in [5.41, 5.74) is 0.985. The average molecular weight is 436 g/mol. The van der Waals surface area contributed by atoms with Gasteiger partial charge >= 0.3 is 5.19 Å². The molecule has 3 aromatic rings. The molecule has 29 heavy (non-hydrogen) atoms. The largest absolute Gasteiger partial charge is 0.430 e. The van der Waals surface area contributed by atoms with E-state index >= 15 is 0 Å². The van der Waals surface area contributed by atoms with E-state index in [-0.39, 0.29) is 21.2 Å². The Kier molecular flexibility index (Phi) is 6.55. The highest BCUT2D eigenvalue weighted by atomic mass is 32.2. The molecule has 1 amide bonds. The quantitative estimate of drug-likeness (QED) is 0.581. The third-order valence-electron chi connectivity index (χ3n) is 3.78. The van der Waals surface area contributed by atoms with Crippen molar-refractivity contribution in [1.29, 1.82) is 0 Å². The van der Waals surface area contributed by atoms with Crippen molar-refractivity contribution in [3.63, 3.8) is 0 Å². The molecule has 3 rings (SSSR count). The van der Waals surface area contributed by atoms with Gasteiger partial charge in [-0.3, -0.25) is 4.79 Å². The molecule has 1 N–H and O–H groups in total. The molecular formula is C19H18FN3O4S2. The summed E-state index contributed by atoms with van der Waals surface area (Å²) >= 11 is 0.785. The Labute approximate surface area is 171 Å². The fraction of sp³-hybridized carbons (Fsp3) is 0.211. The summed E-state index contributed by atoms with van der Waals surface area (Å²) < 4.78 is 43.3. The number of carbonyl (C=O) groups excluding carboxylic acids is 1. The highest BCUT2D eigenvalue weighted by molar-refractivity contribution is 7.92. The zero-order chi connectivity index (χ0) is 20.9. The van der Waals surface area contributed by atoms with E-state index in [9.17, 15) is 17.6 Å². The minimum Gasteiger partial charge on any atom is -0.430 e. The number of nitrogens with zero attached hydrogens (tertiary/aromatic N) is 2. The molecule has 10 heteroatoms. The van der Waals surface area contributed by atoms with Crippen molar-refractivity contribution < 1.29 is 22.3 Å². The summed E-state index contributed by atoms with van der Waals surface area (Å²) in [6.07, 6.45) is 0.830. The molecule has 7 nitrogen and oxygen atoms in total. The summed E-state index contributed by atoms with van der Waals surface area (Å²) in [7, 11) is -3.73. The van der Waals surface area contributed by atoms with E-state index in [1.165, 1.54) is 24.3 Å². The Morgan fingerprint density at radius 2 is 1.79 bits per heavy atom. The molecule has 0 radical (unpaired) electrons. The standard InChI is InChI=1S/C19H18FN3O4S2/c1-2-11-21-17(24)14-5-3-13(4-6-14)12-29(25,26)19-23-22-18(28-19)27-16-9-7-15(20)8-10-16/h3-10H,2,11-12H2,1H3,(H,21,24). The second-order valence-electron chi connectivity index (χ2n) is 6.10. The first-order chi connectivity index (χ1) is 13.9. The topological polar surface area (TPSA) is 98.2 Å². The molecule has 0 aliphatic rings. The highest BCUT2D eigenvalue weighted by Gasteiger charge is 2.22. The van der Waals surface area contributed by atoms with Gasteiger partial charge in [-0.25, -0.2) is 12.8 Å². The van der Waals surface area contributed by atoms with Crippen molar-refractivity contribution in [2.75, 3.05) is 6.54 Å². The van der Waals surface area contributed by atoms with Gasteiger partial charge in [0.15, 0.2) is 0 Å². The van der Waals surface area contributed by atoms with Crippen LogP contribution in [0.25, 0.3) is 0 Å². The normalized spacial score (nSPS) is 11.2. The monoisotopic (exact) mass is 435 g/mol. The summed E-state index contributed by atoms with van der Waals surface area (Å²) in [5.74, 6) is -0.571. The number of amides is 1. The first kappa shape index (κ1) is 20.9. The van der Waals surface area contributed by atoms with Gasteiger partial charge in [-0.2, -0.15) is 0 Å². The zero-order valence-electron chi connectivity index (χ0n) is 15.5. The molecule has 0 saturated carbocycles. The lowest BCUT2D eigenvalue weighted by Crippen LogP contribution is -2.23. The lowest BCUT2D eigenvalue weighted by atomic mass is 10.1. The smallest absolute Gasteiger partial charge is 0.300 e. The fourth-order valence-electron chi connectivity index (χ4n) is 2.34. The van der Waals surface area contributed by atoms with Crippen LogP contribution >= 0.6 is 11.3 Å². The molecule has 1 aromatic heterocycles. The first-order valence-electron chi connectivity index (χ1n) is 8.74. The fourth-order valence-corrected chi connectivity index (χ4v) is 4.61. The number of ether oxygens (including phenoxy) is 1. The van der Waals surface area contributed by atoms with Crippen molar-refractivity contribution in [1.82, 2.24) is 15.5 Å². The molecule has 152 valence electrons. The van der Waals surface area contributed by atoms with E-state index in [1.807, 2.05) is 6.92 Å².